The minimum atomic E-state index is -1.79. The van der Waals surface area contributed by atoms with E-state index in [1.165, 1.54) is 0 Å². The van der Waals surface area contributed by atoms with Crippen LogP contribution < -0.4 is 10.7 Å². The van der Waals surface area contributed by atoms with Crippen LogP contribution in [0.5, 0.6) is 0 Å². The Kier molecular flexibility index (Phi) is 5.33. The molecule has 134 valence electrons. The highest BCUT2D eigenvalue weighted by Gasteiger charge is 2.20. The van der Waals surface area contributed by atoms with Crippen molar-refractivity contribution in [2.45, 2.75) is 0 Å². The van der Waals surface area contributed by atoms with Gasteiger partial charge in [-0.15, -0.1) is 0 Å². The van der Waals surface area contributed by atoms with Crippen LogP contribution in [0, 0.1) is 23.5 Å². The summed E-state index contributed by atoms with van der Waals surface area (Å²) >= 11 is 7.08. The Bertz CT molecular complexity index is 938. The maximum atomic E-state index is 13.5. The van der Waals surface area contributed by atoms with E-state index in [9.17, 15) is 17.6 Å². The molecule has 0 unspecified atom stereocenters. The van der Waals surface area contributed by atoms with E-state index < -0.39 is 29.2 Å². The summed E-state index contributed by atoms with van der Waals surface area (Å²) in [5, 5.41) is 7.11. The van der Waals surface area contributed by atoms with Gasteiger partial charge in [-0.2, -0.15) is 27.6 Å². The lowest BCUT2D eigenvalue weighted by atomic mass is 10.3. The predicted octanol–water partition coefficient (Wildman–Crippen LogP) is 4.94. The van der Waals surface area contributed by atoms with Gasteiger partial charge in [0.15, 0.2) is 10.3 Å². The van der Waals surface area contributed by atoms with Crippen LogP contribution >= 0.6 is 22.9 Å². The Balaban J connectivity index is 1.76. The monoisotopic (exact) mass is 401 g/mol. The highest BCUT2D eigenvalue weighted by molar-refractivity contribution is 7.17. The molecule has 2 N–H and O–H groups in total. The molecule has 0 fully saturated rings. The molecule has 1 aromatic carbocycles. The lowest BCUT2D eigenvalue weighted by Crippen LogP contribution is -2.05. The third kappa shape index (κ3) is 3.92. The molecule has 2 aromatic heterocycles. The summed E-state index contributed by atoms with van der Waals surface area (Å²) in [5.41, 5.74) is 1.58. The molecular formula is C15H8ClF4N5S. The molecule has 26 heavy (non-hydrogen) atoms. The molecule has 0 saturated heterocycles. The van der Waals surface area contributed by atoms with Crippen molar-refractivity contribution in [2.24, 2.45) is 5.10 Å². The third-order valence-corrected chi connectivity index (χ3v) is 4.30. The van der Waals surface area contributed by atoms with Gasteiger partial charge in [0.2, 0.25) is 11.6 Å². The third-order valence-electron chi connectivity index (χ3n) is 2.99. The maximum absolute atomic E-state index is 13.5. The zero-order valence-corrected chi connectivity index (χ0v) is 14.2. The summed E-state index contributed by atoms with van der Waals surface area (Å²) in [4.78, 5) is 6.87. The van der Waals surface area contributed by atoms with Gasteiger partial charge < -0.3 is 5.32 Å². The van der Waals surface area contributed by atoms with Gasteiger partial charge in [-0.25, -0.2) is 4.98 Å². The number of benzene rings is 1. The molecule has 0 aliphatic rings. The molecule has 0 aliphatic heterocycles. The minimum absolute atomic E-state index is 0.0898. The molecule has 0 bridgehead atoms. The van der Waals surface area contributed by atoms with E-state index in [-0.39, 0.29) is 5.15 Å². The zero-order chi connectivity index (χ0) is 18.7. The van der Waals surface area contributed by atoms with Gasteiger partial charge in [0, 0.05) is 5.69 Å². The first-order chi connectivity index (χ1) is 12.5. The second kappa shape index (κ2) is 7.67. The Morgan fingerprint density at radius 1 is 1.00 bits per heavy atom. The summed E-state index contributed by atoms with van der Waals surface area (Å²) in [5.74, 6) is -6.95. The van der Waals surface area contributed by atoms with Crippen molar-refractivity contribution < 1.29 is 17.6 Å². The predicted molar refractivity (Wildman–Crippen MR) is 92.1 cm³/mol. The van der Waals surface area contributed by atoms with Crippen LogP contribution in [-0.4, -0.2) is 16.2 Å². The number of rotatable bonds is 5. The molecule has 3 aromatic rings. The number of nitrogens with zero attached hydrogens (tertiary/aromatic N) is 3. The van der Waals surface area contributed by atoms with E-state index in [1.807, 2.05) is 35.8 Å². The topological polar surface area (TPSA) is 62.2 Å². The smallest absolute Gasteiger partial charge is 0.254 e. The molecule has 0 radical (unpaired) electrons. The van der Waals surface area contributed by atoms with E-state index in [2.05, 4.69) is 20.4 Å². The van der Waals surface area contributed by atoms with Crippen molar-refractivity contribution in [3.05, 3.63) is 63.9 Å². The molecule has 0 atom stereocenters. The fraction of sp³-hybridized carbons (Fsp3) is 0. The number of aromatic nitrogens is 2. The Morgan fingerprint density at radius 2 is 1.65 bits per heavy atom. The van der Waals surface area contributed by atoms with E-state index in [4.69, 9.17) is 11.6 Å². The zero-order valence-electron chi connectivity index (χ0n) is 12.6. The maximum Gasteiger partial charge on any atom is 0.254 e. The number of hydrogen-bond donors (Lipinski definition) is 2. The molecular weight excluding hydrogens is 394 g/mol. The first kappa shape index (κ1) is 18.1. The average molecular weight is 402 g/mol. The van der Waals surface area contributed by atoms with Gasteiger partial charge in [-0.05, 0) is 12.1 Å². The number of pyridine rings is 1. The molecule has 0 aliphatic carbocycles. The molecule has 5 nitrogen and oxygen atoms in total. The van der Waals surface area contributed by atoms with Crippen LogP contribution in [0.4, 0.5) is 34.1 Å². The Hall–Kier alpha value is -2.72. The molecule has 0 saturated carbocycles. The minimum Gasteiger partial charge on any atom is -0.331 e. The number of anilines is 3. The Morgan fingerprint density at radius 3 is 2.31 bits per heavy atom. The second-order valence-electron chi connectivity index (χ2n) is 4.73. The van der Waals surface area contributed by atoms with Crippen molar-refractivity contribution in [3.8, 4) is 0 Å². The first-order valence-corrected chi connectivity index (χ1v) is 8.12. The molecule has 2 heterocycles. The van der Waals surface area contributed by atoms with Crippen molar-refractivity contribution in [1.29, 1.82) is 0 Å². The average Bonchev–Trinajstić information content (AvgIpc) is 2.96. The highest BCUT2D eigenvalue weighted by Crippen LogP contribution is 2.28. The number of hydrogen-bond acceptors (Lipinski definition) is 6. The van der Waals surface area contributed by atoms with E-state index in [0.29, 0.717) is 10.0 Å². The fourth-order valence-corrected chi connectivity index (χ4v) is 2.88. The lowest BCUT2D eigenvalue weighted by Gasteiger charge is -2.04. The van der Waals surface area contributed by atoms with E-state index in [1.54, 1.807) is 0 Å². The van der Waals surface area contributed by atoms with Crippen molar-refractivity contribution >= 4 is 45.7 Å². The second-order valence-corrected chi connectivity index (χ2v) is 6.12. The van der Waals surface area contributed by atoms with Crippen LogP contribution in [-0.2, 0) is 0 Å². The van der Waals surface area contributed by atoms with Gasteiger partial charge >= 0.3 is 0 Å². The summed E-state index contributed by atoms with van der Waals surface area (Å²) in [6.07, 6.45) is 1.12. The van der Waals surface area contributed by atoms with Gasteiger partial charge in [0.1, 0.15) is 5.69 Å². The normalized spacial score (nSPS) is 11.1. The number of nitrogens with one attached hydrogen (secondary N) is 2. The number of thiazole rings is 1. The largest absolute Gasteiger partial charge is 0.331 e. The summed E-state index contributed by atoms with van der Waals surface area (Å²) < 4.78 is 53.0. The van der Waals surface area contributed by atoms with E-state index >= 15 is 0 Å². The molecule has 0 spiro atoms. The van der Waals surface area contributed by atoms with Crippen LogP contribution in [0.1, 0.15) is 4.88 Å². The SMILES string of the molecule is Fc1nc(F)c(F)c(N/N=C\c2sc(Nc3ccccc3)nc2Cl)c1F. The first-order valence-electron chi connectivity index (χ1n) is 6.93. The molecule has 0 amide bonds. The number of hydrazone groups is 1. The van der Waals surface area contributed by atoms with Gasteiger partial charge in [0.05, 0.1) is 11.1 Å². The summed E-state index contributed by atoms with van der Waals surface area (Å²) in [6.45, 7) is 0. The number of halogens is 5. The van der Waals surface area contributed by atoms with Crippen molar-refractivity contribution in [2.75, 3.05) is 10.7 Å². The molecule has 3 rings (SSSR count). The van der Waals surface area contributed by atoms with E-state index in [0.717, 1.165) is 23.2 Å². The fourth-order valence-electron chi connectivity index (χ4n) is 1.83. The van der Waals surface area contributed by atoms with Crippen LogP contribution in [0.15, 0.2) is 35.4 Å². The summed E-state index contributed by atoms with van der Waals surface area (Å²) in [6, 6.07) is 9.16. The van der Waals surface area contributed by atoms with Gasteiger partial charge in [-0.3, -0.25) is 5.43 Å². The standard InChI is InChI=1S/C15H8ClF4N5S/c16-12-8(26-15(23-12)22-7-4-2-1-3-5-7)6-21-25-11-9(17)13(19)24-14(20)10(11)18/h1-6H,(H,22,23)(H,24,25)/b21-6-. The number of para-hydroxylation sites is 1. The highest BCUT2D eigenvalue weighted by atomic mass is 35.5. The Labute approximate surface area is 153 Å². The lowest BCUT2D eigenvalue weighted by molar-refractivity contribution is 0.411. The van der Waals surface area contributed by atoms with Crippen molar-refractivity contribution in [3.63, 3.8) is 0 Å². The van der Waals surface area contributed by atoms with Gasteiger partial charge in [-0.1, -0.05) is 41.1 Å². The van der Waals surface area contributed by atoms with Crippen LogP contribution in [0.2, 0.25) is 5.15 Å². The van der Waals surface area contributed by atoms with Gasteiger partial charge in [0.25, 0.3) is 11.9 Å². The van der Waals surface area contributed by atoms with Crippen molar-refractivity contribution in [1.82, 2.24) is 9.97 Å². The summed E-state index contributed by atoms with van der Waals surface area (Å²) in [7, 11) is 0. The molecule has 11 heteroatoms. The van der Waals surface area contributed by atoms with Crippen LogP contribution in [0.25, 0.3) is 0 Å². The quantitative estimate of drug-likeness (QED) is 0.275. The van der Waals surface area contributed by atoms with Crippen LogP contribution in [0.3, 0.4) is 0 Å².